The number of rotatable bonds is 3. The van der Waals surface area contributed by atoms with Gasteiger partial charge in [0, 0.05) is 16.9 Å². The lowest BCUT2D eigenvalue weighted by atomic mass is 10.2. The van der Waals surface area contributed by atoms with E-state index in [1.165, 1.54) is 0 Å². The van der Waals surface area contributed by atoms with Crippen LogP contribution < -0.4 is 4.74 Å². The van der Waals surface area contributed by atoms with E-state index in [9.17, 15) is 0 Å². The number of ether oxygens (including phenoxy) is 1. The summed E-state index contributed by atoms with van der Waals surface area (Å²) >= 11 is 3.53. The fourth-order valence-electron chi connectivity index (χ4n) is 1.98. The summed E-state index contributed by atoms with van der Waals surface area (Å²) in [7, 11) is 1.83. The van der Waals surface area contributed by atoms with Crippen LogP contribution in [0.1, 0.15) is 11.5 Å². The molecule has 0 saturated carbocycles. The van der Waals surface area contributed by atoms with E-state index in [-0.39, 0.29) is 0 Å². The molecule has 0 aliphatic heterocycles. The molecule has 3 rings (SSSR count). The minimum atomic E-state index is 0.333. The van der Waals surface area contributed by atoms with Crippen molar-refractivity contribution in [2.24, 2.45) is 7.05 Å². The number of aryl methyl sites for hydroxylation is 2. The maximum Gasteiger partial charge on any atom is 0.188 e. The van der Waals surface area contributed by atoms with Crippen molar-refractivity contribution in [1.82, 2.24) is 19.7 Å². The van der Waals surface area contributed by atoms with Gasteiger partial charge in [0.15, 0.2) is 5.82 Å². The van der Waals surface area contributed by atoms with Crippen molar-refractivity contribution >= 4 is 26.8 Å². The summed E-state index contributed by atoms with van der Waals surface area (Å²) in [5, 5.41) is 5.22. The van der Waals surface area contributed by atoms with Crippen LogP contribution in [0.2, 0.25) is 0 Å². The second-order valence-electron chi connectivity index (χ2n) is 4.50. The van der Waals surface area contributed by atoms with Crippen molar-refractivity contribution in [3.05, 3.63) is 46.6 Å². The molecule has 0 aliphatic carbocycles. The summed E-state index contributed by atoms with van der Waals surface area (Å²) in [6.45, 7) is 2.26. The van der Waals surface area contributed by atoms with Gasteiger partial charge in [0.2, 0.25) is 0 Å². The average Bonchev–Trinajstić information content (AvgIpc) is 2.83. The minimum Gasteiger partial charge on any atom is -0.484 e. The molecule has 0 saturated heterocycles. The van der Waals surface area contributed by atoms with E-state index >= 15 is 0 Å². The largest absolute Gasteiger partial charge is 0.484 e. The van der Waals surface area contributed by atoms with Crippen LogP contribution in [-0.2, 0) is 13.7 Å². The smallest absolute Gasteiger partial charge is 0.188 e. The molecule has 0 fully saturated rings. The second kappa shape index (κ2) is 5.20. The van der Waals surface area contributed by atoms with Gasteiger partial charge in [-0.3, -0.25) is 4.68 Å². The summed E-state index contributed by atoms with van der Waals surface area (Å²) in [5.41, 5.74) is 1.80. The van der Waals surface area contributed by atoms with Crippen LogP contribution in [0.4, 0.5) is 0 Å². The van der Waals surface area contributed by atoms with Crippen LogP contribution in [0.25, 0.3) is 10.9 Å². The monoisotopic (exact) mass is 332 g/mol. The Balaban J connectivity index is 1.91. The zero-order chi connectivity index (χ0) is 14.1. The Hall–Kier alpha value is -1.95. The van der Waals surface area contributed by atoms with Gasteiger partial charge in [0.05, 0.1) is 11.2 Å². The summed E-state index contributed by atoms with van der Waals surface area (Å²) in [5.74, 6) is 1.40. The topological polar surface area (TPSA) is 52.8 Å². The van der Waals surface area contributed by atoms with Gasteiger partial charge in [0.1, 0.15) is 18.7 Å². The molecule has 3 aromatic rings. The fourth-order valence-corrected chi connectivity index (χ4v) is 2.45. The third kappa shape index (κ3) is 2.51. The van der Waals surface area contributed by atoms with Gasteiger partial charge in [-0.05, 0) is 25.1 Å². The molecule has 5 nitrogen and oxygen atoms in total. The van der Waals surface area contributed by atoms with E-state index in [1.54, 1.807) is 11.0 Å². The van der Waals surface area contributed by atoms with Crippen molar-refractivity contribution in [3.63, 3.8) is 0 Å². The number of benzene rings is 1. The van der Waals surface area contributed by atoms with Gasteiger partial charge in [-0.2, -0.15) is 5.10 Å². The number of fused-ring (bicyclic) bond motifs is 1. The Morgan fingerprint density at radius 2 is 2.20 bits per heavy atom. The number of hydrogen-bond donors (Lipinski definition) is 0. The summed E-state index contributed by atoms with van der Waals surface area (Å²) in [4.78, 5) is 8.69. The lowest BCUT2D eigenvalue weighted by molar-refractivity contribution is 0.292. The summed E-state index contributed by atoms with van der Waals surface area (Å²) < 4.78 is 8.43. The van der Waals surface area contributed by atoms with Crippen LogP contribution in [0.5, 0.6) is 5.75 Å². The third-order valence-electron chi connectivity index (χ3n) is 2.95. The lowest BCUT2D eigenvalue weighted by Crippen LogP contribution is -2.01. The van der Waals surface area contributed by atoms with E-state index < -0.39 is 0 Å². The van der Waals surface area contributed by atoms with Crippen LogP contribution >= 0.6 is 15.9 Å². The molecule has 0 bridgehead atoms. The molecule has 6 heteroatoms. The number of halogens is 1. The first kappa shape index (κ1) is 13.1. The molecule has 0 amide bonds. The van der Waals surface area contributed by atoms with Gasteiger partial charge in [-0.25, -0.2) is 9.97 Å². The highest BCUT2D eigenvalue weighted by molar-refractivity contribution is 9.10. The molecule has 0 N–H and O–H groups in total. The minimum absolute atomic E-state index is 0.333. The molecular weight excluding hydrogens is 320 g/mol. The predicted molar refractivity (Wildman–Crippen MR) is 79.5 cm³/mol. The highest BCUT2D eigenvalue weighted by Gasteiger charge is 2.08. The Morgan fingerprint density at radius 3 is 2.95 bits per heavy atom. The van der Waals surface area contributed by atoms with Crippen molar-refractivity contribution in [1.29, 1.82) is 0 Å². The van der Waals surface area contributed by atoms with Gasteiger partial charge in [-0.15, -0.1) is 0 Å². The van der Waals surface area contributed by atoms with E-state index in [0.29, 0.717) is 12.4 Å². The molecule has 20 heavy (non-hydrogen) atoms. The highest BCUT2D eigenvalue weighted by Crippen LogP contribution is 2.28. The first-order chi connectivity index (χ1) is 9.63. The molecule has 102 valence electrons. The number of pyridine rings is 1. The summed E-state index contributed by atoms with van der Waals surface area (Å²) in [6.07, 6.45) is 1.65. The molecule has 1 aromatic carbocycles. The van der Waals surface area contributed by atoms with Gasteiger partial charge >= 0.3 is 0 Å². The molecule has 2 aromatic heterocycles. The van der Waals surface area contributed by atoms with Crippen LogP contribution in [0, 0.1) is 6.92 Å². The van der Waals surface area contributed by atoms with Crippen molar-refractivity contribution in [3.8, 4) is 5.75 Å². The van der Waals surface area contributed by atoms with Crippen LogP contribution in [0.3, 0.4) is 0 Å². The molecule has 0 aliphatic rings. The average molecular weight is 333 g/mol. The standard InChI is InChI=1S/C14H13BrN4O/c1-9-13(20-7-14-16-8-19(2)18-14)6-10-11(15)4-3-5-12(10)17-9/h3-6,8H,7H2,1-2H3. The van der Waals surface area contributed by atoms with E-state index in [0.717, 1.165) is 26.8 Å². The van der Waals surface area contributed by atoms with Crippen molar-refractivity contribution < 1.29 is 4.74 Å². The Kier molecular flexibility index (Phi) is 3.40. The first-order valence-electron chi connectivity index (χ1n) is 6.16. The number of aromatic nitrogens is 4. The predicted octanol–water partition coefficient (Wildman–Crippen LogP) is 3.01. The Bertz CT molecular complexity index is 769. The second-order valence-corrected chi connectivity index (χ2v) is 5.36. The number of nitrogens with zero attached hydrogens (tertiary/aromatic N) is 4. The van der Waals surface area contributed by atoms with Gasteiger partial charge < -0.3 is 4.74 Å². The molecule has 2 heterocycles. The molecule has 0 atom stereocenters. The fraction of sp³-hybridized carbons (Fsp3) is 0.214. The van der Waals surface area contributed by atoms with Crippen LogP contribution in [0.15, 0.2) is 35.1 Å². The molecular formula is C14H13BrN4O. The molecule has 0 radical (unpaired) electrons. The zero-order valence-corrected chi connectivity index (χ0v) is 12.8. The van der Waals surface area contributed by atoms with Gasteiger partial charge in [-0.1, -0.05) is 22.0 Å². The third-order valence-corrected chi connectivity index (χ3v) is 3.65. The molecule has 0 unspecified atom stereocenters. The van der Waals surface area contributed by atoms with Gasteiger partial charge in [0.25, 0.3) is 0 Å². The Morgan fingerprint density at radius 1 is 1.35 bits per heavy atom. The Labute approximate surface area is 124 Å². The van der Waals surface area contributed by atoms with Crippen molar-refractivity contribution in [2.75, 3.05) is 0 Å². The van der Waals surface area contributed by atoms with Crippen molar-refractivity contribution in [2.45, 2.75) is 13.5 Å². The summed E-state index contributed by atoms with van der Waals surface area (Å²) in [6, 6.07) is 7.93. The number of hydrogen-bond acceptors (Lipinski definition) is 4. The maximum atomic E-state index is 5.78. The van der Waals surface area contributed by atoms with Crippen LogP contribution in [-0.4, -0.2) is 19.7 Å². The van der Waals surface area contributed by atoms with E-state index in [2.05, 4.69) is 31.0 Å². The highest BCUT2D eigenvalue weighted by atomic mass is 79.9. The lowest BCUT2D eigenvalue weighted by Gasteiger charge is -2.09. The van der Waals surface area contributed by atoms with E-state index in [1.807, 2.05) is 38.2 Å². The van der Waals surface area contributed by atoms with E-state index in [4.69, 9.17) is 4.74 Å². The maximum absolute atomic E-state index is 5.78. The first-order valence-corrected chi connectivity index (χ1v) is 6.96. The molecule has 0 spiro atoms. The quantitative estimate of drug-likeness (QED) is 0.739. The SMILES string of the molecule is Cc1nc2cccc(Br)c2cc1OCc1ncn(C)n1. The zero-order valence-electron chi connectivity index (χ0n) is 11.2. The normalized spacial score (nSPS) is 10.9.